The Morgan fingerprint density at radius 3 is 1.73 bits per heavy atom. The van der Waals surface area contributed by atoms with Crippen LogP contribution in [-0.4, -0.2) is 80.8 Å². The Labute approximate surface area is 233 Å². The third kappa shape index (κ3) is 10.6. The number of nitrogens with two attached hydrogens (primary N) is 2. The van der Waals surface area contributed by atoms with E-state index in [1.165, 1.54) is 12.5 Å². The van der Waals surface area contributed by atoms with Crippen molar-refractivity contribution >= 4 is 35.5 Å². The number of aliphatic carboxylic acids is 1. The van der Waals surface area contributed by atoms with E-state index in [-0.39, 0.29) is 18.3 Å². The van der Waals surface area contributed by atoms with E-state index in [2.05, 4.69) is 31.2 Å². The van der Waals surface area contributed by atoms with Crippen molar-refractivity contribution in [3.63, 3.8) is 0 Å². The number of aromatic nitrogens is 2. The molecule has 0 radical (unpaired) electrons. The molecule has 5 atom stereocenters. The number of hydrogen-bond donors (Lipinski definition) is 8. The van der Waals surface area contributed by atoms with Crippen LogP contribution in [0.5, 0.6) is 0 Å². The summed E-state index contributed by atoms with van der Waals surface area (Å²) in [5.41, 5.74) is 11.4. The summed E-state index contributed by atoms with van der Waals surface area (Å²) in [6, 6.07) is -5.87. The summed E-state index contributed by atoms with van der Waals surface area (Å²) in [6.07, 6.45) is 2.07. The number of nitrogens with one attached hydrogen (secondary N) is 5. The maximum atomic E-state index is 13.3. The molecule has 1 aromatic heterocycles. The predicted octanol–water partition coefficient (Wildman–Crippen LogP) is -1.85. The zero-order valence-electron chi connectivity index (χ0n) is 23.7. The quantitative estimate of drug-likeness (QED) is 0.112. The molecule has 5 amide bonds. The molecule has 10 N–H and O–H groups in total. The number of imidazole rings is 1. The fourth-order valence-corrected chi connectivity index (χ4v) is 3.62. The number of primary amides is 1. The molecule has 1 heterocycles. The van der Waals surface area contributed by atoms with Crippen LogP contribution >= 0.6 is 0 Å². The first kappa shape index (κ1) is 34.0. The van der Waals surface area contributed by atoms with Crippen molar-refractivity contribution < 1.29 is 33.9 Å². The monoisotopic (exact) mass is 566 g/mol. The van der Waals surface area contributed by atoms with E-state index < -0.39 is 78.1 Å². The average Bonchev–Trinajstić information content (AvgIpc) is 3.36. The van der Waals surface area contributed by atoms with Gasteiger partial charge in [0.25, 0.3) is 0 Å². The minimum absolute atomic E-state index is 0.124. The Bertz CT molecular complexity index is 1040. The van der Waals surface area contributed by atoms with Gasteiger partial charge in [0, 0.05) is 12.6 Å². The van der Waals surface area contributed by atoms with Crippen LogP contribution in [0, 0.1) is 17.8 Å². The van der Waals surface area contributed by atoms with E-state index in [4.69, 9.17) is 11.5 Å². The van der Waals surface area contributed by atoms with Gasteiger partial charge in [0.05, 0.1) is 24.5 Å². The summed E-state index contributed by atoms with van der Waals surface area (Å²) in [4.78, 5) is 81.6. The second kappa shape index (κ2) is 15.5. The number of rotatable bonds is 16. The molecule has 15 heteroatoms. The lowest BCUT2D eigenvalue weighted by Gasteiger charge is -2.29. The van der Waals surface area contributed by atoms with Crippen LogP contribution in [-0.2, 0) is 35.2 Å². The van der Waals surface area contributed by atoms with Crippen LogP contribution in [0.15, 0.2) is 12.5 Å². The van der Waals surface area contributed by atoms with Crippen LogP contribution < -0.4 is 32.7 Å². The lowest BCUT2D eigenvalue weighted by Crippen LogP contribution is -2.61. The van der Waals surface area contributed by atoms with E-state index in [0.717, 1.165) is 0 Å². The minimum atomic E-state index is -1.61. The summed E-state index contributed by atoms with van der Waals surface area (Å²) in [5.74, 6) is -6.11. The molecular formula is C25H42N8O7. The van der Waals surface area contributed by atoms with Crippen LogP contribution in [0.4, 0.5) is 0 Å². The van der Waals surface area contributed by atoms with Crippen molar-refractivity contribution in [2.24, 2.45) is 29.2 Å². The number of nitrogens with zero attached hydrogens (tertiary/aromatic N) is 1. The minimum Gasteiger partial charge on any atom is -0.480 e. The third-order valence-electron chi connectivity index (χ3n) is 6.14. The number of carboxylic acid groups (broad SMARTS) is 1. The first-order valence-electron chi connectivity index (χ1n) is 13.0. The molecule has 1 aromatic rings. The molecule has 0 spiro atoms. The van der Waals surface area contributed by atoms with Gasteiger partial charge in [0.15, 0.2) is 0 Å². The van der Waals surface area contributed by atoms with Crippen LogP contribution in [0.1, 0.15) is 53.7 Å². The topological polar surface area (TPSA) is 251 Å². The number of amides is 5. The van der Waals surface area contributed by atoms with Gasteiger partial charge in [-0.3, -0.25) is 24.0 Å². The smallest absolute Gasteiger partial charge is 0.326 e. The predicted molar refractivity (Wildman–Crippen MR) is 144 cm³/mol. The number of carbonyl (C=O) groups is 6. The van der Waals surface area contributed by atoms with Gasteiger partial charge in [0.1, 0.15) is 24.2 Å². The molecule has 40 heavy (non-hydrogen) atoms. The first-order chi connectivity index (χ1) is 18.5. The number of carbonyl (C=O) groups excluding carboxylic acids is 5. The number of aromatic amines is 1. The zero-order chi connectivity index (χ0) is 30.7. The van der Waals surface area contributed by atoms with E-state index in [9.17, 15) is 33.9 Å². The molecule has 0 saturated carbocycles. The summed E-state index contributed by atoms with van der Waals surface area (Å²) in [6.45, 7) is 10.4. The molecule has 0 bridgehead atoms. The maximum Gasteiger partial charge on any atom is 0.326 e. The molecule has 0 aliphatic carbocycles. The average molecular weight is 567 g/mol. The van der Waals surface area contributed by atoms with Crippen molar-refractivity contribution in [1.82, 2.24) is 31.2 Å². The molecule has 15 nitrogen and oxygen atoms in total. The number of hydrogen-bond acceptors (Lipinski definition) is 8. The number of carboxylic acids is 1. The van der Waals surface area contributed by atoms with Gasteiger partial charge in [-0.25, -0.2) is 9.78 Å². The standard InChI is InChI=1S/C25H42N8O7/c1-11(2)18(27)22(36)32-20(13(5)6)24(38)33-19(12(3)4)23(37)30-15(7-14-9-28-10-29-14)21(35)31-16(25(39)40)8-17(26)34/h9-13,15-16,18-20H,7-8,27H2,1-6H3,(H2,26,34)(H,28,29)(H,30,37)(H,31,35)(H,32,36)(H,33,38)(H,39,40)/t15-,16-,18-,19-,20-/m0/s1. The van der Waals surface area contributed by atoms with Gasteiger partial charge in [-0.05, 0) is 17.8 Å². The molecule has 0 unspecified atom stereocenters. The summed E-state index contributed by atoms with van der Waals surface area (Å²) < 4.78 is 0. The van der Waals surface area contributed by atoms with Crippen LogP contribution in [0.25, 0.3) is 0 Å². The largest absolute Gasteiger partial charge is 0.480 e. The lowest BCUT2D eigenvalue weighted by molar-refractivity contribution is -0.143. The lowest BCUT2D eigenvalue weighted by atomic mass is 9.98. The summed E-state index contributed by atoms with van der Waals surface area (Å²) in [7, 11) is 0. The molecule has 0 aliphatic rings. The van der Waals surface area contributed by atoms with E-state index in [1.54, 1.807) is 41.5 Å². The van der Waals surface area contributed by atoms with Crippen LogP contribution in [0.3, 0.4) is 0 Å². The normalized spacial score (nSPS) is 15.1. The Morgan fingerprint density at radius 2 is 1.30 bits per heavy atom. The SMILES string of the molecule is CC(C)[C@H](N)C(=O)N[C@H](C(=O)N[C@H](C(=O)N[C@@H](Cc1c[nH]cn1)C(=O)N[C@@H](CC(N)=O)C(=O)O)C(C)C)C(C)C. The molecule has 224 valence electrons. The van der Waals surface area contributed by atoms with Crippen molar-refractivity contribution in [2.45, 2.75) is 84.6 Å². The first-order valence-corrected chi connectivity index (χ1v) is 13.0. The van der Waals surface area contributed by atoms with Crippen molar-refractivity contribution in [2.75, 3.05) is 0 Å². The Morgan fingerprint density at radius 1 is 0.800 bits per heavy atom. The summed E-state index contributed by atoms with van der Waals surface area (Å²) in [5, 5.41) is 19.4. The highest BCUT2D eigenvalue weighted by Gasteiger charge is 2.34. The second-order valence-corrected chi connectivity index (χ2v) is 10.6. The Kier molecular flexibility index (Phi) is 13.2. The van der Waals surface area contributed by atoms with Gasteiger partial charge in [0.2, 0.25) is 29.5 Å². The highest BCUT2D eigenvalue weighted by Crippen LogP contribution is 2.09. The van der Waals surface area contributed by atoms with Gasteiger partial charge >= 0.3 is 5.97 Å². The molecule has 0 aromatic carbocycles. The maximum absolute atomic E-state index is 13.3. The highest BCUT2D eigenvalue weighted by molar-refractivity contribution is 5.96. The summed E-state index contributed by atoms with van der Waals surface area (Å²) >= 11 is 0. The molecule has 1 rings (SSSR count). The number of H-pyrrole nitrogens is 1. The van der Waals surface area contributed by atoms with Crippen molar-refractivity contribution in [1.29, 1.82) is 0 Å². The van der Waals surface area contributed by atoms with E-state index in [0.29, 0.717) is 5.69 Å². The van der Waals surface area contributed by atoms with Gasteiger partial charge in [-0.1, -0.05) is 41.5 Å². The third-order valence-corrected chi connectivity index (χ3v) is 6.14. The zero-order valence-corrected chi connectivity index (χ0v) is 23.7. The molecule has 0 saturated heterocycles. The van der Waals surface area contributed by atoms with Crippen LogP contribution in [0.2, 0.25) is 0 Å². The molecule has 0 aliphatic heterocycles. The van der Waals surface area contributed by atoms with Gasteiger partial charge in [-0.2, -0.15) is 0 Å². The second-order valence-electron chi connectivity index (χ2n) is 10.6. The Hall–Kier alpha value is -4.01. The fraction of sp³-hybridized carbons (Fsp3) is 0.640. The van der Waals surface area contributed by atoms with E-state index >= 15 is 0 Å². The van der Waals surface area contributed by atoms with Gasteiger partial charge in [-0.15, -0.1) is 0 Å². The molecular weight excluding hydrogens is 524 g/mol. The van der Waals surface area contributed by atoms with Crippen molar-refractivity contribution in [3.8, 4) is 0 Å². The van der Waals surface area contributed by atoms with Crippen molar-refractivity contribution in [3.05, 3.63) is 18.2 Å². The van der Waals surface area contributed by atoms with E-state index in [1.807, 2.05) is 0 Å². The van der Waals surface area contributed by atoms with Gasteiger partial charge < -0.3 is 42.8 Å². The Balaban J connectivity index is 3.14. The molecule has 0 fully saturated rings. The fourth-order valence-electron chi connectivity index (χ4n) is 3.62. The highest BCUT2D eigenvalue weighted by atomic mass is 16.4.